The minimum Gasteiger partial charge on any atom is -0.480 e. The van der Waals surface area contributed by atoms with Gasteiger partial charge in [-0.1, -0.05) is 29.8 Å². The lowest BCUT2D eigenvalue weighted by Crippen LogP contribution is -2.36. The maximum Gasteiger partial charge on any atom is 0.320 e. The number of benzene rings is 1. The number of nitrogens with one attached hydrogen (secondary N) is 1. The van der Waals surface area contributed by atoms with Gasteiger partial charge in [-0.05, 0) is 31.5 Å². The van der Waals surface area contributed by atoms with Crippen LogP contribution in [0.15, 0.2) is 24.3 Å². The number of aryl methyl sites for hydroxylation is 1. The van der Waals surface area contributed by atoms with E-state index in [-0.39, 0.29) is 11.9 Å². The van der Waals surface area contributed by atoms with Crippen LogP contribution in [-0.2, 0) is 16.0 Å². The monoisotopic (exact) mass is 310 g/mol. The van der Waals surface area contributed by atoms with E-state index < -0.39 is 12.0 Å². The molecule has 1 aliphatic heterocycles. The number of rotatable bonds is 5. The van der Waals surface area contributed by atoms with E-state index in [1.165, 1.54) is 0 Å². The first-order chi connectivity index (χ1) is 9.97. The molecule has 0 bridgehead atoms. The highest BCUT2D eigenvalue weighted by atomic mass is 35.5. The van der Waals surface area contributed by atoms with E-state index in [2.05, 4.69) is 5.32 Å². The van der Waals surface area contributed by atoms with Crippen LogP contribution in [0.4, 0.5) is 0 Å². The molecule has 21 heavy (non-hydrogen) atoms. The second kappa shape index (κ2) is 6.91. The zero-order valence-electron chi connectivity index (χ0n) is 11.9. The number of carbonyl (C=O) groups excluding carboxylic acids is 1. The molecule has 1 heterocycles. The van der Waals surface area contributed by atoms with Crippen LogP contribution in [0.25, 0.3) is 0 Å². The average molecular weight is 311 g/mol. The lowest BCUT2D eigenvalue weighted by molar-refractivity contribution is -0.141. The molecule has 0 spiro atoms. The maximum atomic E-state index is 11.9. The number of hydrogen-bond acceptors (Lipinski definition) is 3. The zero-order chi connectivity index (χ0) is 15.4. The van der Waals surface area contributed by atoms with Gasteiger partial charge in [0.2, 0.25) is 5.91 Å². The van der Waals surface area contributed by atoms with Crippen molar-refractivity contribution in [1.82, 2.24) is 10.2 Å². The smallest absolute Gasteiger partial charge is 0.320 e. The molecule has 1 amide bonds. The predicted molar refractivity (Wildman–Crippen MR) is 80.4 cm³/mol. The van der Waals surface area contributed by atoms with E-state index in [4.69, 9.17) is 16.7 Å². The summed E-state index contributed by atoms with van der Waals surface area (Å²) in [7, 11) is 1.76. The lowest BCUT2D eigenvalue weighted by Gasteiger charge is -2.13. The molecule has 1 aromatic rings. The number of likely N-dealkylation sites (tertiary alicyclic amines) is 1. The molecule has 1 saturated heterocycles. The van der Waals surface area contributed by atoms with Crippen LogP contribution in [0.1, 0.15) is 18.4 Å². The molecule has 1 aromatic carbocycles. The highest BCUT2D eigenvalue weighted by molar-refractivity contribution is 6.31. The molecule has 2 rings (SSSR count). The normalized spacial score (nSPS) is 22.2. The molecule has 1 aliphatic rings. The molecule has 0 saturated carbocycles. The number of carbonyl (C=O) groups is 2. The maximum absolute atomic E-state index is 11.9. The lowest BCUT2D eigenvalue weighted by atomic mass is 10.1. The van der Waals surface area contributed by atoms with Crippen LogP contribution in [0, 0.1) is 0 Å². The highest BCUT2D eigenvalue weighted by Crippen LogP contribution is 2.18. The van der Waals surface area contributed by atoms with Crippen molar-refractivity contribution < 1.29 is 14.7 Å². The molecule has 0 unspecified atom stereocenters. The number of amides is 1. The van der Waals surface area contributed by atoms with Gasteiger partial charge in [-0.2, -0.15) is 0 Å². The summed E-state index contributed by atoms with van der Waals surface area (Å²) in [6.07, 6.45) is 1.38. The van der Waals surface area contributed by atoms with Crippen molar-refractivity contribution in [3.05, 3.63) is 34.9 Å². The van der Waals surface area contributed by atoms with Crippen LogP contribution >= 0.6 is 11.6 Å². The van der Waals surface area contributed by atoms with Gasteiger partial charge >= 0.3 is 5.97 Å². The summed E-state index contributed by atoms with van der Waals surface area (Å²) in [5, 5.41) is 12.6. The Morgan fingerprint density at radius 2 is 2.14 bits per heavy atom. The van der Waals surface area contributed by atoms with Crippen LogP contribution in [-0.4, -0.2) is 47.6 Å². The summed E-state index contributed by atoms with van der Waals surface area (Å²) in [6, 6.07) is 6.83. The molecular formula is C15H19ClN2O3. The topological polar surface area (TPSA) is 69.6 Å². The molecule has 2 atom stereocenters. The van der Waals surface area contributed by atoms with Gasteiger partial charge in [0.15, 0.2) is 0 Å². The minimum absolute atomic E-state index is 0.0700. The van der Waals surface area contributed by atoms with Crippen molar-refractivity contribution in [2.75, 3.05) is 13.6 Å². The number of hydrogen-bond donors (Lipinski definition) is 2. The zero-order valence-corrected chi connectivity index (χ0v) is 12.6. The Bertz CT molecular complexity index is 535. The number of aliphatic carboxylic acids is 1. The molecular weight excluding hydrogens is 292 g/mol. The van der Waals surface area contributed by atoms with Gasteiger partial charge in [-0.15, -0.1) is 0 Å². The summed E-state index contributed by atoms with van der Waals surface area (Å²) in [6.45, 7) is 0.564. The van der Waals surface area contributed by atoms with Crippen molar-refractivity contribution >= 4 is 23.5 Å². The fourth-order valence-electron chi connectivity index (χ4n) is 2.64. The summed E-state index contributed by atoms with van der Waals surface area (Å²) in [5.41, 5.74) is 0.946. The van der Waals surface area contributed by atoms with Gasteiger partial charge in [0.1, 0.15) is 6.04 Å². The van der Waals surface area contributed by atoms with E-state index in [1.807, 2.05) is 18.2 Å². The van der Waals surface area contributed by atoms with Crippen LogP contribution in [0.2, 0.25) is 5.02 Å². The van der Waals surface area contributed by atoms with Gasteiger partial charge in [-0.25, -0.2) is 0 Å². The van der Waals surface area contributed by atoms with E-state index in [0.29, 0.717) is 30.8 Å². The number of carboxylic acids is 1. The summed E-state index contributed by atoms with van der Waals surface area (Å²) in [4.78, 5) is 24.7. The van der Waals surface area contributed by atoms with Crippen molar-refractivity contribution in [1.29, 1.82) is 0 Å². The molecule has 1 fully saturated rings. The first-order valence-corrected chi connectivity index (χ1v) is 7.31. The van der Waals surface area contributed by atoms with Gasteiger partial charge in [0.05, 0.1) is 0 Å². The third-order valence-electron chi connectivity index (χ3n) is 3.78. The van der Waals surface area contributed by atoms with Crippen molar-refractivity contribution in [3.8, 4) is 0 Å². The van der Waals surface area contributed by atoms with Gasteiger partial charge in [-0.3, -0.25) is 14.5 Å². The first kappa shape index (κ1) is 15.8. The SMILES string of the molecule is CN1C[C@@H](NC(=O)CCc2ccccc2Cl)C[C@H]1C(=O)O. The highest BCUT2D eigenvalue weighted by Gasteiger charge is 2.34. The predicted octanol–water partition coefficient (Wildman–Crippen LogP) is 1.55. The summed E-state index contributed by atoms with van der Waals surface area (Å²) in [5.74, 6) is -0.912. The fraction of sp³-hybridized carbons (Fsp3) is 0.467. The van der Waals surface area contributed by atoms with E-state index >= 15 is 0 Å². The third kappa shape index (κ3) is 4.19. The van der Waals surface area contributed by atoms with Crippen LogP contribution in [0.5, 0.6) is 0 Å². The second-order valence-electron chi connectivity index (χ2n) is 5.39. The largest absolute Gasteiger partial charge is 0.480 e. The molecule has 0 aliphatic carbocycles. The Labute approximate surface area is 128 Å². The number of nitrogens with zero attached hydrogens (tertiary/aromatic N) is 1. The Hall–Kier alpha value is -1.59. The quantitative estimate of drug-likeness (QED) is 0.865. The standard InChI is InChI=1S/C15H19ClN2O3/c1-18-9-11(8-13(18)15(20)21)17-14(19)7-6-10-4-2-3-5-12(10)16/h2-5,11,13H,6-9H2,1H3,(H,17,19)(H,20,21)/t11-,13-/m0/s1. The fourth-order valence-corrected chi connectivity index (χ4v) is 2.87. The van der Waals surface area contributed by atoms with Gasteiger partial charge < -0.3 is 10.4 Å². The molecule has 0 radical (unpaired) electrons. The average Bonchev–Trinajstić information content (AvgIpc) is 2.79. The number of halogens is 1. The van der Waals surface area contributed by atoms with Crippen LogP contribution < -0.4 is 5.32 Å². The van der Waals surface area contributed by atoms with Crippen molar-refractivity contribution in [2.45, 2.75) is 31.3 Å². The minimum atomic E-state index is -0.842. The third-order valence-corrected chi connectivity index (χ3v) is 4.15. The molecule has 0 aromatic heterocycles. The Morgan fingerprint density at radius 1 is 1.43 bits per heavy atom. The Morgan fingerprint density at radius 3 is 2.76 bits per heavy atom. The van der Waals surface area contributed by atoms with E-state index in [0.717, 1.165) is 5.56 Å². The van der Waals surface area contributed by atoms with E-state index in [1.54, 1.807) is 18.0 Å². The molecule has 6 heteroatoms. The number of likely N-dealkylation sites (N-methyl/N-ethyl adjacent to an activating group) is 1. The van der Waals surface area contributed by atoms with Crippen molar-refractivity contribution in [2.24, 2.45) is 0 Å². The van der Waals surface area contributed by atoms with E-state index in [9.17, 15) is 9.59 Å². The van der Waals surface area contributed by atoms with Gasteiger partial charge in [0.25, 0.3) is 0 Å². The number of carboxylic acid groups (broad SMARTS) is 1. The van der Waals surface area contributed by atoms with Gasteiger partial charge in [0, 0.05) is 24.0 Å². The first-order valence-electron chi connectivity index (χ1n) is 6.93. The summed E-state index contributed by atoms with van der Waals surface area (Å²) < 4.78 is 0. The summed E-state index contributed by atoms with van der Waals surface area (Å²) >= 11 is 6.05. The Kier molecular flexibility index (Phi) is 5.20. The van der Waals surface area contributed by atoms with Crippen molar-refractivity contribution in [3.63, 3.8) is 0 Å². The second-order valence-corrected chi connectivity index (χ2v) is 5.79. The molecule has 114 valence electrons. The molecule has 2 N–H and O–H groups in total. The van der Waals surface area contributed by atoms with Crippen LogP contribution in [0.3, 0.4) is 0 Å². The Balaban J connectivity index is 1.81. The molecule has 5 nitrogen and oxygen atoms in total.